The van der Waals surface area contributed by atoms with Crippen LogP contribution in [0.1, 0.15) is 11.1 Å². The summed E-state index contributed by atoms with van der Waals surface area (Å²) < 4.78 is 61.2. The van der Waals surface area contributed by atoms with Crippen molar-refractivity contribution in [3.63, 3.8) is 0 Å². The summed E-state index contributed by atoms with van der Waals surface area (Å²) in [6, 6.07) is 7.25. The fraction of sp³-hybridized carbons (Fsp3) is 0.214. The SMILES string of the molecule is O=C(N1Cc2cccc3c(S(=O)(=O)Cl)ccc(c23)C1)C(F)(F)F. The van der Waals surface area contributed by atoms with E-state index in [0.717, 1.165) is 0 Å². The highest BCUT2D eigenvalue weighted by Gasteiger charge is 2.43. The Morgan fingerprint density at radius 2 is 1.70 bits per heavy atom. The van der Waals surface area contributed by atoms with Crippen LogP contribution in [-0.4, -0.2) is 25.4 Å². The van der Waals surface area contributed by atoms with Crippen LogP contribution in [0.25, 0.3) is 10.8 Å². The number of halogens is 4. The summed E-state index contributed by atoms with van der Waals surface area (Å²) in [5.41, 5.74) is 0.895. The maximum atomic E-state index is 12.6. The Kier molecular flexibility index (Phi) is 3.57. The van der Waals surface area contributed by atoms with Crippen LogP contribution in [0.4, 0.5) is 13.2 Å². The average molecular weight is 364 g/mol. The fourth-order valence-corrected chi connectivity index (χ4v) is 3.87. The molecule has 0 saturated heterocycles. The second-order valence-corrected chi connectivity index (χ2v) is 7.69. The molecule has 0 radical (unpaired) electrons. The molecule has 0 atom stereocenters. The van der Waals surface area contributed by atoms with Crippen LogP contribution >= 0.6 is 10.7 Å². The van der Waals surface area contributed by atoms with Crippen molar-refractivity contribution in [2.75, 3.05) is 0 Å². The molecule has 1 amide bonds. The van der Waals surface area contributed by atoms with Crippen LogP contribution in [0.3, 0.4) is 0 Å². The largest absolute Gasteiger partial charge is 0.471 e. The van der Waals surface area contributed by atoms with Crippen molar-refractivity contribution in [2.24, 2.45) is 0 Å². The van der Waals surface area contributed by atoms with Crippen LogP contribution < -0.4 is 0 Å². The molecular formula is C14H9ClF3NO3S. The Morgan fingerprint density at radius 1 is 1.09 bits per heavy atom. The zero-order valence-corrected chi connectivity index (χ0v) is 13.0. The highest BCUT2D eigenvalue weighted by Crippen LogP contribution is 2.36. The second kappa shape index (κ2) is 5.10. The van der Waals surface area contributed by atoms with Gasteiger partial charge in [-0.3, -0.25) is 4.79 Å². The van der Waals surface area contributed by atoms with Crippen molar-refractivity contribution >= 4 is 36.4 Å². The van der Waals surface area contributed by atoms with Gasteiger partial charge in [-0.15, -0.1) is 0 Å². The van der Waals surface area contributed by atoms with E-state index >= 15 is 0 Å². The number of alkyl halides is 3. The van der Waals surface area contributed by atoms with Gasteiger partial charge < -0.3 is 4.90 Å². The number of amides is 1. The zero-order chi connectivity index (χ0) is 17.0. The van der Waals surface area contributed by atoms with E-state index in [2.05, 4.69) is 0 Å². The molecule has 0 aliphatic carbocycles. The van der Waals surface area contributed by atoms with Gasteiger partial charge in [-0.05, 0) is 22.6 Å². The van der Waals surface area contributed by atoms with Gasteiger partial charge in [-0.25, -0.2) is 8.42 Å². The van der Waals surface area contributed by atoms with Gasteiger partial charge in [-0.1, -0.05) is 24.3 Å². The van der Waals surface area contributed by atoms with Crippen LogP contribution in [0.2, 0.25) is 0 Å². The first-order chi connectivity index (χ1) is 10.6. The molecule has 0 saturated carbocycles. The van der Waals surface area contributed by atoms with Crippen molar-refractivity contribution in [1.29, 1.82) is 0 Å². The molecule has 0 fully saturated rings. The molecule has 23 heavy (non-hydrogen) atoms. The summed E-state index contributed by atoms with van der Waals surface area (Å²) in [6.45, 7) is -0.483. The van der Waals surface area contributed by atoms with E-state index < -0.39 is 21.1 Å². The number of benzene rings is 2. The molecule has 0 unspecified atom stereocenters. The zero-order valence-electron chi connectivity index (χ0n) is 11.4. The third kappa shape index (κ3) is 2.76. The topological polar surface area (TPSA) is 54.5 Å². The van der Waals surface area contributed by atoms with Gasteiger partial charge in [0, 0.05) is 29.2 Å². The third-order valence-electron chi connectivity index (χ3n) is 3.69. The summed E-state index contributed by atoms with van der Waals surface area (Å²) in [7, 11) is 1.41. The van der Waals surface area contributed by atoms with E-state index in [1.54, 1.807) is 12.1 Å². The summed E-state index contributed by atoms with van der Waals surface area (Å²) in [6.07, 6.45) is -4.95. The molecule has 2 aromatic rings. The average Bonchev–Trinajstić information content (AvgIpc) is 2.44. The highest BCUT2D eigenvalue weighted by molar-refractivity contribution is 8.14. The predicted molar refractivity (Wildman–Crippen MR) is 77.3 cm³/mol. The number of carbonyl (C=O) groups excluding carboxylic acids is 1. The molecule has 0 bridgehead atoms. The molecule has 0 N–H and O–H groups in total. The van der Waals surface area contributed by atoms with Gasteiger partial charge in [0.1, 0.15) is 0 Å². The Bertz CT molecular complexity index is 912. The van der Waals surface area contributed by atoms with Crippen molar-refractivity contribution < 1.29 is 26.4 Å². The summed E-state index contributed by atoms with van der Waals surface area (Å²) >= 11 is 0. The van der Waals surface area contributed by atoms with E-state index in [4.69, 9.17) is 10.7 Å². The van der Waals surface area contributed by atoms with Gasteiger partial charge in [-0.2, -0.15) is 13.2 Å². The standard InChI is InChI=1S/C14H9ClF3NO3S/c15-23(21,22)11-5-4-9-7-19(13(20)14(16,17)18)6-8-2-1-3-10(11)12(8)9/h1-5H,6-7H2. The molecule has 3 rings (SSSR count). The minimum absolute atomic E-state index is 0.102. The number of rotatable bonds is 1. The fourth-order valence-electron chi connectivity index (χ4n) is 2.80. The lowest BCUT2D eigenvalue weighted by Gasteiger charge is -2.30. The quantitative estimate of drug-likeness (QED) is 0.731. The van der Waals surface area contributed by atoms with Gasteiger partial charge in [0.05, 0.1) is 4.90 Å². The van der Waals surface area contributed by atoms with Gasteiger partial charge in [0.25, 0.3) is 9.05 Å². The molecule has 1 aliphatic heterocycles. The van der Waals surface area contributed by atoms with Gasteiger partial charge in [0.15, 0.2) is 0 Å². The first-order valence-electron chi connectivity index (χ1n) is 6.43. The Labute approximate surface area is 133 Å². The summed E-state index contributed by atoms with van der Waals surface area (Å²) in [5.74, 6) is -1.92. The molecule has 0 spiro atoms. The van der Waals surface area contributed by atoms with Gasteiger partial charge >= 0.3 is 12.1 Å². The molecule has 4 nitrogen and oxygen atoms in total. The number of carbonyl (C=O) groups is 1. The number of nitrogens with zero attached hydrogens (tertiary/aromatic N) is 1. The molecule has 0 aromatic heterocycles. The number of hydrogen-bond acceptors (Lipinski definition) is 3. The maximum Gasteiger partial charge on any atom is 0.471 e. The van der Waals surface area contributed by atoms with Crippen LogP contribution in [0.5, 0.6) is 0 Å². The van der Waals surface area contributed by atoms with Crippen LogP contribution in [0, 0.1) is 0 Å². The molecule has 1 aliphatic rings. The minimum atomic E-state index is -4.95. The normalized spacial score (nSPS) is 15.0. The minimum Gasteiger partial charge on any atom is -0.326 e. The van der Waals surface area contributed by atoms with Crippen molar-refractivity contribution in [3.8, 4) is 0 Å². The second-order valence-electron chi connectivity index (χ2n) is 5.16. The van der Waals surface area contributed by atoms with Crippen LogP contribution in [-0.2, 0) is 26.9 Å². The van der Waals surface area contributed by atoms with Crippen molar-refractivity contribution in [3.05, 3.63) is 41.5 Å². The maximum absolute atomic E-state index is 12.6. The third-order valence-corrected chi connectivity index (χ3v) is 5.07. The lowest BCUT2D eigenvalue weighted by atomic mass is 9.95. The van der Waals surface area contributed by atoms with E-state index in [9.17, 15) is 26.4 Å². The molecule has 122 valence electrons. The Hall–Kier alpha value is -1.80. The van der Waals surface area contributed by atoms with Gasteiger partial charge in [0.2, 0.25) is 0 Å². The van der Waals surface area contributed by atoms with E-state index in [-0.39, 0.29) is 18.0 Å². The highest BCUT2D eigenvalue weighted by atomic mass is 35.7. The first-order valence-corrected chi connectivity index (χ1v) is 8.74. The summed E-state index contributed by atoms with van der Waals surface area (Å²) in [5, 5.41) is 0.870. The van der Waals surface area contributed by atoms with E-state index in [1.807, 2.05) is 0 Å². The lowest BCUT2D eigenvalue weighted by molar-refractivity contribution is -0.186. The predicted octanol–water partition coefficient (Wildman–Crippen LogP) is 3.17. The molecule has 2 aromatic carbocycles. The molecule has 9 heteroatoms. The van der Waals surface area contributed by atoms with E-state index in [1.165, 1.54) is 18.2 Å². The van der Waals surface area contributed by atoms with E-state index in [0.29, 0.717) is 26.8 Å². The first kappa shape index (κ1) is 16.1. The smallest absolute Gasteiger partial charge is 0.326 e. The van der Waals surface area contributed by atoms with Crippen molar-refractivity contribution in [1.82, 2.24) is 4.90 Å². The monoisotopic (exact) mass is 363 g/mol. The number of hydrogen-bond donors (Lipinski definition) is 0. The molecular weight excluding hydrogens is 355 g/mol. The Morgan fingerprint density at radius 3 is 2.26 bits per heavy atom. The molecule has 1 heterocycles. The van der Waals surface area contributed by atoms with Crippen LogP contribution in [0.15, 0.2) is 35.2 Å². The Balaban J connectivity index is 2.17. The lowest BCUT2D eigenvalue weighted by Crippen LogP contribution is -2.41. The summed E-state index contributed by atoms with van der Waals surface area (Å²) in [4.78, 5) is 12.0. The van der Waals surface area contributed by atoms with Crippen molar-refractivity contribution in [2.45, 2.75) is 24.2 Å².